The standard InChI is InChI=1S/C59H100O5/c1-3-5-7-9-11-13-15-17-19-21-23-24-25-26-27-28-29-30-31-32-33-34-36-38-40-42-44-46-48-50-52-54-59(62)64-57(55-60)56-63-58(61)53-51-49-47-45-43-41-39-37-35-22-20-18-16-14-12-10-8-6-4-2/h5,7,11,13,17-20,23-24,26-27,29-30,32-33,57,60H,3-4,6,8-10,12,14-16,21-22,25,28,31,34-56H2,1-2H3/b7-5-,13-11-,19-17-,20-18-,24-23-,27-26-,30-29-,33-32-. The van der Waals surface area contributed by atoms with Crippen molar-refractivity contribution in [1.82, 2.24) is 0 Å². The summed E-state index contributed by atoms with van der Waals surface area (Å²) in [7, 11) is 0. The highest BCUT2D eigenvalue weighted by Gasteiger charge is 2.16. The Kier molecular flexibility index (Phi) is 51.5. The van der Waals surface area contributed by atoms with Crippen LogP contribution in [0.1, 0.15) is 245 Å². The maximum absolute atomic E-state index is 12.3. The van der Waals surface area contributed by atoms with Crippen molar-refractivity contribution in [3.05, 3.63) is 97.2 Å². The number of unbranched alkanes of at least 4 members (excludes halogenated alkanes) is 24. The summed E-state index contributed by atoms with van der Waals surface area (Å²) in [5.74, 6) is -0.600. The molecule has 0 amide bonds. The van der Waals surface area contributed by atoms with E-state index < -0.39 is 6.10 Å². The molecular formula is C59H100O5. The molecule has 0 saturated heterocycles. The zero-order valence-corrected chi connectivity index (χ0v) is 41.8. The van der Waals surface area contributed by atoms with Crippen LogP contribution in [0.2, 0.25) is 0 Å². The summed E-state index contributed by atoms with van der Waals surface area (Å²) in [6.07, 6.45) is 76.4. The molecule has 366 valence electrons. The Balaban J connectivity index is 3.56. The highest BCUT2D eigenvalue weighted by Crippen LogP contribution is 2.15. The monoisotopic (exact) mass is 889 g/mol. The van der Waals surface area contributed by atoms with Crippen molar-refractivity contribution in [2.75, 3.05) is 13.2 Å². The van der Waals surface area contributed by atoms with Gasteiger partial charge in [-0.2, -0.15) is 0 Å². The number of carbonyl (C=O) groups is 2. The third-order valence-electron chi connectivity index (χ3n) is 11.4. The first-order chi connectivity index (χ1) is 31.6. The van der Waals surface area contributed by atoms with E-state index in [2.05, 4.69) is 111 Å². The molecule has 0 bridgehead atoms. The molecule has 0 spiro atoms. The number of allylic oxidation sites excluding steroid dienone is 16. The van der Waals surface area contributed by atoms with Gasteiger partial charge in [-0.15, -0.1) is 0 Å². The van der Waals surface area contributed by atoms with Crippen molar-refractivity contribution in [1.29, 1.82) is 0 Å². The Morgan fingerprint density at radius 2 is 0.672 bits per heavy atom. The van der Waals surface area contributed by atoms with Gasteiger partial charge in [-0.1, -0.05) is 233 Å². The number of hydrogen-bond donors (Lipinski definition) is 1. The first kappa shape index (κ1) is 60.8. The van der Waals surface area contributed by atoms with Gasteiger partial charge in [0.05, 0.1) is 6.61 Å². The molecule has 64 heavy (non-hydrogen) atoms. The second-order valence-electron chi connectivity index (χ2n) is 17.6. The number of aliphatic hydroxyl groups is 1. The maximum atomic E-state index is 12.3. The fraction of sp³-hybridized carbons (Fsp3) is 0.695. The molecule has 1 atom stereocenters. The van der Waals surface area contributed by atoms with E-state index in [-0.39, 0.29) is 25.2 Å². The lowest BCUT2D eigenvalue weighted by molar-refractivity contribution is -0.161. The summed E-state index contributed by atoms with van der Waals surface area (Å²) >= 11 is 0. The van der Waals surface area contributed by atoms with Gasteiger partial charge in [-0.25, -0.2) is 0 Å². The van der Waals surface area contributed by atoms with E-state index in [4.69, 9.17) is 9.47 Å². The minimum absolute atomic E-state index is 0.0728. The molecule has 0 radical (unpaired) electrons. The van der Waals surface area contributed by atoms with Crippen LogP contribution in [0.25, 0.3) is 0 Å². The van der Waals surface area contributed by atoms with Gasteiger partial charge in [0.2, 0.25) is 0 Å². The van der Waals surface area contributed by atoms with Crippen molar-refractivity contribution in [2.45, 2.75) is 251 Å². The largest absolute Gasteiger partial charge is 0.462 e. The molecule has 1 N–H and O–H groups in total. The number of carbonyl (C=O) groups excluding carboxylic acids is 2. The third kappa shape index (κ3) is 51.5. The average Bonchev–Trinajstić information content (AvgIpc) is 3.30. The fourth-order valence-electron chi connectivity index (χ4n) is 7.35. The van der Waals surface area contributed by atoms with Gasteiger partial charge in [-0.05, 0) is 96.3 Å². The first-order valence-corrected chi connectivity index (χ1v) is 26.8. The van der Waals surface area contributed by atoms with Gasteiger partial charge in [0.15, 0.2) is 6.10 Å². The van der Waals surface area contributed by atoms with E-state index in [1.165, 1.54) is 128 Å². The van der Waals surface area contributed by atoms with E-state index in [0.29, 0.717) is 12.8 Å². The van der Waals surface area contributed by atoms with Crippen LogP contribution in [0.5, 0.6) is 0 Å². The van der Waals surface area contributed by atoms with Crippen LogP contribution in [0.3, 0.4) is 0 Å². The average molecular weight is 889 g/mol. The molecule has 0 aromatic rings. The third-order valence-corrected chi connectivity index (χ3v) is 11.4. The fourth-order valence-corrected chi connectivity index (χ4v) is 7.35. The first-order valence-electron chi connectivity index (χ1n) is 26.8. The topological polar surface area (TPSA) is 72.8 Å². The molecule has 0 heterocycles. The number of ether oxygens (including phenoxy) is 2. The van der Waals surface area contributed by atoms with Crippen molar-refractivity contribution in [2.24, 2.45) is 0 Å². The molecular weight excluding hydrogens is 789 g/mol. The van der Waals surface area contributed by atoms with Gasteiger partial charge in [0.1, 0.15) is 6.61 Å². The second-order valence-corrected chi connectivity index (χ2v) is 17.6. The zero-order valence-electron chi connectivity index (χ0n) is 41.8. The molecule has 0 fully saturated rings. The Bertz CT molecular complexity index is 1230. The van der Waals surface area contributed by atoms with Crippen LogP contribution < -0.4 is 0 Å². The molecule has 0 aromatic heterocycles. The van der Waals surface area contributed by atoms with Crippen LogP contribution >= 0.6 is 0 Å². The highest BCUT2D eigenvalue weighted by molar-refractivity contribution is 5.70. The SMILES string of the molecule is CC/C=C\C/C=C\C/C=C\C/C=C\C/C=C\C/C=C\C/C=C\CCCCCCCCCCCC(=O)OC(CO)COC(=O)CCCCCCCCCCC/C=C\CCCCCCCC. The number of rotatable bonds is 48. The normalized spacial score (nSPS) is 13.0. The summed E-state index contributed by atoms with van der Waals surface area (Å²) in [6, 6.07) is 0. The molecule has 0 aliphatic rings. The van der Waals surface area contributed by atoms with Gasteiger partial charge in [0, 0.05) is 12.8 Å². The molecule has 0 aromatic carbocycles. The van der Waals surface area contributed by atoms with E-state index in [1.54, 1.807) is 0 Å². The minimum atomic E-state index is -0.782. The number of hydrogen-bond acceptors (Lipinski definition) is 5. The molecule has 5 nitrogen and oxygen atoms in total. The number of aliphatic hydroxyl groups excluding tert-OH is 1. The zero-order chi connectivity index (χ0) is 46.3. The maximum Gasteiger partial charge on any atom is 0.306 e. The van der Waals surface area contributed by atoms with Crippen molar-refractivity contribution < 1.29 is 24.2 Å². The van der Waals surface area contributed by atoms with E-state index in [1.807, 2.05) is 0 Å². The summed E-state index contributed by atoms with van der Waals surface area (Å²) in [5, 5.41) is 9.64. The predicted octanol–water partition coefficient (Wildman–Crippen LogP) is 18.0. The van der Waals surface area contributed by atoms with Crippen LogP contribution in [-0.4, -0.2) is 36.4 Å². The van der Waals surface area contributed by atoms with E-state index in [9.17, 15) is 14.7 Å². The van der Waals surface area contributed by atoms with Crippen molar-refractivity contribution in [3.8, 4) is 0 Å². The Morgan fingerprint density at radius 1 is 0.375 bits per heavy atom. The van der Waals surface area contributed by atoms with Gasteiger partial charge in [-0.3, -0.25) is 9.59 Å². The lowest BCUT2D eigenvalue weighted by Gasteiger charge is -2.15. The lowest BCUT2D eigenvalue weighted by atomic mass is 10.1. The molecule has 5 heteroatoms. The van der Waals surface area contributed by atoms with Gasteiger partial charge < -0.3 is 14.6 Å². The molecule has 1 unspecified atom stereocenters. The Hall–Kier alpha value is -3.18. The smallest absolute Gasteiger partial charge is 0.306 e. The van der Waals surface area contributed by atoms with Crippen molar-refractivity contribution >= 4 is 11.9 Å². The van der Waals surface area contributed by atoms with Gasteiger partial charge >= 0.3 is 11.9 Å². The molecule has 0 saturated carbocycles. The van der Waals surface area contributed by atoms with E-state index in [0.717, 1.165) is 89.9 Å². The summed E-state index contributed by atoms with van der Waals surface area (Å²) in [5.41, 5.74) is 0. The van der Waals surface area contributed by atoms with Crippen LogP contribution in [0, 0.1) is 0 Å². The van der Waals surface area contributed by atoms with Gasteiger partial charge in [0.25, 0.3) is 0 Å². The number of esters is 2. The Morgan fingerprint density at radius 3 is 1.03 bits per heavy atom. The predicted molar refractivity (Wildman–Crippen MR) is 279 cm³/mol. The highest BCUT2D eigenvalue weighted by atomic mass is 16.6. The summed E-state index contributed by atoms with van der Waals surface area (Å²) < 4.78 is 10.7. The summed E-state index contributed by atoms with van der Waals surface area (Å²) in [6.45, 7) is 4.02. The summed E-state index contributed by atoms with van der Waals surface area (Å²) in [4.78, 5) is 24.5. The van der Waals surface area contributed by atoms with Crippen LogP contribution in [0.4, 0.5) is 0 Å². The molecule has 0 aliphatic carbocycles. The Labute approximate surface area is 396 Å². The molecule has 0 rings (SSSR count). The minimum Gasteiger partial charge on any atom is -0.462 e. The lowest BCUT2D eigenvalue weighted by Crippen LogP contribution is -2.28. The van der Waals surface area contributed by atoms with Crippen LogP contribution in [-0.2, 0) is 19.1 Å². The van der Waals surface area contributed by atoms with Crippen molar-refractivity contribution in [3.63, 3.8) is 0 Å². The molecule has 0 aliphatic heterocycles. The quantitative estimate of drug-likeness (QED) is 0.0374. The second kappa shape index (κ2) is 54.2. The van der Waals surface area contributed by atoms with E-state index >= 15 is 0 Å². The van der Waals surface area contributed by atoms with Crippen LogP contribution in [0.15, 0.2) is 97.2 Å².